The highest BCUT2D eigenvalue weighted by Gasteiger charge is 2.25. The van der Waals surface area contributed by atoms with Gasteiger partial charge in [-0.15, -0.1) is 0 Å². The second-order valence-corrected chi connectivity index (χ2v) is 3.51. The lowest BCUT2D eigenvalue weighted by molar-refractivity contribution is 0.187. The van der Waals surface area contributed by atoms with Crippen molar-refractivity contribution in [1.29, 1.82) is 0 Å². The quantitative estimate of drug-likeness (QED) is 0.756. The number of amides is 1. The van der Waals surface area contributed by atoms with Crippen molar-refractivity contribution >= 4 is 11.8 Å². The Balaban J connectivity index is 2.20. The second-order valence-electron chi connectivity index (χ2n) is 3.51. The van der Waals surface area contributed by atoms with Gasteiger partial charge in [-0.25, -0.2) is 4.79 Å². The van der Waals surface area contributed by atoms with Gasteiger partial charge in [-0.3, -0.25) is 5.32 Å². The van der Waals surface area contributed by atoms with Gasteiger partial charge in [0.2, 0.25) is 0 Å². The highest BCUT2D eigenvalue weighted by Crippen LogP contribution is 2.32. The highest BCUT2D eigenvalue weighted by molar-refractivity contribution is 5.85. The van der Waals surface area contributed by atoms with E-state index < -0.39 is 6.09 Å². The molecule has 0 aromatic heterocycles. The number of anilines is 1. The summed E-state index contributed by atoms with van der Waals surface area (Å²) in [7, 11) is 1.35. The molecule has 1 amide bonds. The van der Waals surface area contributed by atoms with Crippen molar-refractivity contribution in [1.82, 2.24) is 0 Å². The average Bonchev–Trinajstić information content (AvgIpc) is 3.04. The van der Waals surface area contributed by atoms with Crippen molar-refractivity contribution in [2.45, 2.75) is 13.0 Å². The van der Waals surface area contributed by atoms with E-state index in [9.17, 15) is 4.79 Å². The Labute approximate surface area is 88.2 Å². The van der Waals surface area contributed by atoms with Crippen LogP contribution in [-0.4, -0.2) is 19.8 Å². The van der Waals surface area contributed by atoms with E-state index in [0.717, 1.165) is 23.4 Å². The fourth-order valence-corrected chi connectivity index (χ4v) is 1.38. The average molecular weight is 207 g/mol. The molecule has 1 aromatic rings. The standard InChI is InChI=1S/C11H13NO3/c1-7-3-4-8(10-6-15-10)5-9(7)12-11(13)14-2/h3-5,10H,6H2,1-2H3,(H,12,13)/t10-/m1/s1. The van der Waals surface area contributed by atoms with Gasteiger partial charge < -0.3 is 9.47 Å². The maximum absolute atomic E-state index is 11.1. The smallest absolute Gasteiger partial charge is 0.411 e. The minimum atomic E-state index is -0.452. The summed E-state index contributed by atoms with van der Waals surface area (Å²) in [6.07, 6.45) is -0.254. The van der Waals surface area contributed by atoms with Gasteiger partial charge in [0.15, 0.2) is 0 Å². The lowest BCUT2D eigenvalue weighted by Gasteiger charge is -2.08. The molecule has 80 valence electrons. The molecular formula is C11H13NO3. The molecule has 0 aliphatic carbocycles. The van der Waals surface area contributed by atoms with Gasteiger partial charge >= 0.3 is 6.09 Å². The van der Waals surface area contributed by atoms with E-state index in [1.54, 1.807) is 0 Å². The van der Waals surface area contributed by atoms with Crippen molar-refractivity contribution in [2.75, 3.05) is 19.0 Å². The molecule has 0 bridgehead atoms. The van der Waals surface area contributed by atoms with Crippen LogP contribution in [0.3, 0.4) is 0 Å². The number of carbonyl (C=O) groups excluding carboxylic acids is 1. The predicted molar refractivity (Wildman–Crippen MR) is 55.9 cm³/mol. The van der Waals surface area contributed by atoms with Gasteiger partial charge in [0, 0.05) is 5.69 Å². The fourth-order valence-electron chi connectivity index (χ4n) is 1.38. The van der Waals surface area contributed by atoms with Crippen molar-refractivity contribution in [3.8, 4) is 0 Å². The zero-order valence-electron chi connectivity index (χ0n) is 8.74. The van der Waals surface area contributed by atoms with E-state index >= 15 is 0 Å². The van der Waals surface area contributed by atoms with E-state index in [2.05, 4.69) is 10.1 Å². The van der Waals surface area contributed by atoms with E-state index in [1.165, 1.54) is 7.11 Å². The Hall–Kier alpha value is -1.55. The molecule has 1 fully saturated rings. The van der Waals surface area contributed by atoms with Crippen LogP contribution in [0.25, 0.3) is 0 Å². The first-order valence-corrected chi connectivity index (χ1v) is 4.78. The molecule has 1 atom stereocenters. The summed E-state index contributed by atoms with van der Waals surface area (Å²) in [6.45, 7) is 2.70. The molecule has 0 unspecified atom stereocenters. The molecule has 1 aromatic carbocycles. The maximum atomic E-state index is 11.1. The lowest BCUT2D eigenvalue weighted by atomic mass is 10.1. The topological polar surface area (TPSA) is 50.9 Å². The molecule has 1 saturated heterocycles. The number of nitrogens with one attached hydrogen (secondary N) is 1. The SMILES string of the molecule is COC(=O)Nc1cc([C@H]2CO2)ccc1C. The number of ether oxygens (including phenoxy) is 2. The molecule has 4 nitrogen and oxygen atoms in total. The predicted octanol–water partition coefficient (Wildman–Crippen LogP) is 2.24. The Morgan fingerprint density at radius 1 is 1.60 bits per heavy atom. The molecule has 2 rings (SSSR count). The van der Waals surface area contributed by atoms with Gasteiger partial charge in [0.05, 0.1) is 13.7 Å². The van der Waals surface area contributed by atoms with Gasteiger partial charge in [-0.1, -0.05) is 12.1 Å². The summed E-state index contributed by atoms with van der Waals surface area (Å²) < 4.78 is 9.72. The summed E-state index contributed by atoms with van der Waals surface area (Å²) in [6, 6.07) is 5.89. The third-order valence-corrected chi connectivity index (χ3v) is 2.39. The van der Waals surface area contributed by atoms with Crippen LogP contribution in [0.4, 0.5) is 10.5 Å². The van der Waals surface area contributed by atoms with E-state index in [-0.39, 0.29) is 6.10 Å². The monoisotopic (exact) mass is 207 g/mol. The molecule has 1 N–H and O–H groups in total. The molecular weight excluding hydrogens is 194 g/mol. The first kappa shape index (κ1) is 9.98. The van der Waals surface area contributed by atoms with Crippen molar-refractivity contribution in [2.24, 2.45) is 0 Å². The first-order chi connectivity index (χ1) is 7.20. The zero-order valence-corrected chi connectivity index (χ0v) is 8.74. The molecule has 15 heavy (non-hydrogen) atoms. The normalized spacial score (nSPS) is 18.4. The molecule has 1 aliphatic heterocycles. The number of carbonyl (C=O) groups is 1. The van der Waals surface area contributed by atoms with Gasteiger partial charge in [0.25, 0.3) is 0 Å². The maximum Gasteiger partial charge on any atom is 0.411 e. The van der Waals surface area contributed by atoms with Crippen LogP contribution < -0.4 is 5.32 Å². The Morgan fingerprint density at radius 3 is 2.93 bits per heavy atom. The third kappa shape index (κ3) is 2.27. The lowest BCUT2D eigenvalue weighted by Crippen LogP contribution is -2.12. The molecule has 0 radical (unpaired) electrons. The van der Waals surface area contributed by atoms with Crippen LogP contribution in [0.1, 0.15) is 17.2 Å². The van der Waals surface area contributed by atoms with Crippen LogP contribution in [-0.2, 0) is 9.47 Å². The second kappa shape index (κ2) is 3.90. The summed E-state index contributed by atoms with van der Waals surface area (Å²) in [5, 5.41) is 2.67. The number of hydrogen-bond acceptors (Lipinski definition) is 3. The third-order valence-electron chi connectivity index (χ3n) is 2.39. The van der Waals surface area contributed by atoms with Crippen LogP contribution >= 0.6 is 0 Å². The Bertz CT molecular complexity index is 385. The Kier molecular flexibility index (Phi) is 2.60. The summed E-state index contributed by atoms with van der Waals surface area (Å²) >= 11 is 0. The summed E-state index contributed by atoms with van der Waals surface area (Å²) in [4.78, 5) is 11.1. The molecule has 4 heteroatoms. The van der Waals surface area contributed by atoms with Crippen LogP contribution in [0.2, 0.25) is 0 Å². The molecule has 1 heterocycles. The van der Waals surface area contributed by atoms with Crippen molar-refractivity contribution in [3.63, 3.8) is 0 Å². The number of hydrogen-bond donors (Lipinski definition) is 1. The number of aryl methyl sites for hydroxylation is 1. The fraction of sp³-hybridized carbons (Fsp3) is 0.364. The number of rotatable bonds is 2. The largest absolute Gasteiger partial charge is 0.453 e. The van der Waals surface area contributed by atoms with Crippen LogP contribution in [0.15, 0.2) is 18.2 Å². The summed E-state index contributed by atoms with van der Waals surface area (Å²) in [5.74, 6) is 0. The first-order valence-electron chi connectivity index (χ1n) is 4.78. The molecule has 0 spiro atoms. The van der Waals surface area contributed by atoms with E-state index in [0.29, 0.717) is 0 Å². The summed E-state index contributed by atoms with van der Waals surface area (Å²) in [5.41, 5.74) is 2.87. The van der Waals surface area contributed by atoms with Crippen LogP contribution in [0, 0.1) is 6.92 Å². The molecule has 0 saturated carbocycles. The molecule has 1 aliphatic rings. The Morgan fingerprint density at radius 2 is 2.33 bits per heavy atom. The minimum absolute atomic E-state index is 0.198. The van der Waals surface area contributed by atoms with Gasteiger partial charge in [-0.05, 0) is 24.1 Å². The van der Waals surface area contributed by atoms with Crippen LogP contribution in [0.5, 0.6) is 0 Å². The highest BCUT2D eigenvalue weighted by atomic mass is 16.6. The number of epoxide rings is 1. The van der Waals surface area contributed by atoms with Gasteiger partial charge in [0.1, 0.15) is 6.10 Å². The van der Waals surface area contributed by atoms with E-state index in [4.69, 9.17) is 4.74 Å². The van der Waals surface area contributed by atoms with Crippen molar-refractivity contribution in [3.05, 3.63) is 29.3 Å². The number of benzene rings is 1. The number of methoxy groups -OCH3 is 1. The van der Waals surface area contributed by atoms with E-state index in [1.807, 2.05) is 25.1 Å². The minimum Gasteiger partial charge on any atom is -0.453 e. The van der Waals surface area contributed by atoms with Gasteiger partial charge in [-0.2, -0.15) is 0 Å². The van der Waals surface area contributed by atoms with Crippen molar-refractivity contribution < 1.29 is 14.3 Å². The zero-order chi connectivity index (χ0) is 10.8.